The van der Waals surface area contributed by atoms with Crippen molar-refractivity contribution >= 4 is 16.8 Å². The Bertz CT molecular complexity index is 872. The van der Waals surface area contributed by atoms with Crippen LogP contribution in [0.4, 0.5) is 0 Å². The van der Waals surface area contributed by atoms with Gasteiger partial charge in [-0.25, -0.2) is 0 Å². The summed E-state index contributed by atoms with van der Waals surface area (Å²) in [6, 6.07) is 16.3. The number of aryl methyl sites for hydroxylation is 1. The maximum absolute atomic E-state index is 11.5. The Kier molecular flexibility index (Phi) is 5.92. The third-order valence-corrected chi connectivity index (χ3v) is 4.28. The first-order chi connectivity index (χ1) is 12.7. The van der Waals surface area contributed by atoms with Gasteiger partial charge in [0, 0.05) is 37.8 Å². The molecule has 0 spiro atoms. The topological polar surface area (TPSA) is 52.5 Å². The monoisotopic (exact) mass is 352 g/mol. The van der Waals surface area contributed by atoms with Crippen molar-refractivity contribution in [1.29, 1.82) is 0 Å². The Morgan fingerprint density at radius 1 is 1.15 bits per heavy atom. The van der Waals surface area contributed by atoms with Gasteiger partial charge < -0.3 is 19.4 Å². The predicted molar refractivity (Wildman–Crippen MR) is 102 cm³/mol. The van der Waals surface area contributed by atoms with Crippen molar-refractivity contribution in [3.05, 3.63) is 65.9 Å². The largest absolute Gasteiger partial charge is 0.489 e. The van der Waals surface area contributed by atoms with Gasteiger partial charge >= 0.3 is 0 Å². The molecule has 0 bridgehead atoms. The molecule has 0 fully saturated rings. The first-order valence-electron chi connectivity index (χ1n) is 8.67. The maximum Gasteiger partial charge on any atom is 0.245 e. The Morgan fingerprint density at radius 2 is 1.96 bits per heavy atom. The lowest BCUT2D eigenvalue weighted by Gasteiger charge is -2.08. The fraction of sp³-hybridized carbons (Fsp3) is 0.286. The summed E-state index contributed by atoms with van der Waals surface area (Å²) in [4.78, 5) is 11.5. The zero-order valence-electron chi connectivity index (χ0n) is 15.2. The van der Waals surface area contributed by atoms with Crippen LogP contribution in [0.15, 0.2) is 54.7 Å². The van der Waals surface area contributed by atoms with Crippen molar-refractivity contribution in [3.8, 4) is 5.75 Å². The number of carbonyl (C=O) groups is 1. The van der Waals surface area contributed by atoms with Gasteiger partial charge in [0.1, 0.15) is 19.0 Å². The molecular weight excluding hydrogens is 328 g/mol. The average molecular weight is 352 g/mol. The van der Waals surface area contributed by atoms with E-state index >= 15 is 0 Å². The molecule has 0 aliphatic heterocycles. The van der Waals surface area contributed by atoms with Gasteiger partial charge in [0.2, 0.25) is 5.91 Å². The second-order valence-electron chi connectivity index (χ2n) is 6.25. The molecule has 1 aromatic heterocycles. The molecule has 3 aromatic rings. The molecule has 1 heterocycles. The SMILES string of the molecule is COCC(=O)NCCc1cn(C)c2ccc(OCc3ccccc3)cc12. The molecule has 5 heteroatoms. The van der Waals surface area contributed by atoms with Crippen LogP contribution in [-0.4, -0.2) is 30.7 Å². The number of hydrogen-bond donors (Lipinski definition) is 1. The highest BCUT2D eigenvalue weighted by Crippen LogP contribution is 2.26. The van der Waals surface area contributed by atoms with Gasteiger partial charge in [-0.05, 0) is 35.7 Å². The molecule has 2 aromatic carbocycles. The molecule has 0 aliphatic rings. The molecule has 1 amide bonds. The number of aromatic nitrogens is 1. The van der Waals surface area contributed by atoms with Crippen molar-refractivity contribution in [1.82, 2.24) is 9.88 Å². The lowest BCUT2D eigenvalue weighted by molar-refractivity contribution is -0.124. The molecule has 26 heavy (non-hydrogen) atoms. The Labute approximate surface area is 153 Å². The zero-order valence-corrected chi connectivity index (χ0v) is 15.2. The highest BCUT2D eigenvalue weighted by Gasteiger charge is 2.09. The van der Waals surface area contributed by atoms with E-state index in [9.17, 15) is 4.79 Å². The van der Waals surface area contributed by atoms with E-state index in [1.165, 1.54) is 12.7 Å². The summed E-state index contributed by atoms with van der Waals surface area (Å²) in [6.07, 6.45) is 2.86. The lowest BCUT2D eigenvalue weighted by atomic mass is 10.1. The van der Waals surface area contributed by atoms with Crippen LogP contribution in [0.2, 0.25) is 0 Å². The van der Waals surface area contributed by atoms with Gasteiger partial charge in [-0.3, -0.25) is 4.79 Å². The Balaban J connectivity index is 1.70. The molecule has 0 radical (unpaired) electrons. The fourth-order valence-corrected chi connectivity index (χ4v) is 3.00. The maximum atomic E-state index is 11.5. The molecular formula is C21H24N2O3. The molecule has 0 saturated heterocycles. The minimum atomic E-state index is -0.0976. The first-order valence-corrected chi connectivity index (χ1v) is 8.67. The van der Waals surface area contributed by atoms with Crippen LogP contribution in [-0.2, 0) is 29.6 Å². The second kappa shape index (κ2) is 8.54. The molecule has 136 valence electrons. The lowest BCUT2D eigenvalue weighted by Crippen LogP contribution is -2.28. The van der Waals surface area contributed by atoms with Crippen molar-refractivity contribution < 1.29 is 14.3 Å². The molecule has 5 nitrogen and oxygen atoms in total. The van der Waals surface area contributed by atoms with E-state index in [0.717, 1.165) is 28.6 Å². The summed E-state index contributed by atoms with van der Waals surface area (Å²) in [5, 5.41) is 4.01. The molecule has 3 rings (SSSR count). The highest BCUT2D eigenvalue weighted by atomic mass is 16.5. The molecule has 0 saturated carbocycles. The number of hydrogen-bond acceptors (Lipinski definition) is 3. The molecule has 0 atom stereocenters. The predicted octanol–water partition coefficient (Wildman–Crippen LogP) is 3.06. The van der Waals surface area contributed by atoms with Crippen LogP contribution in [0.5, 0.6) is 5.75 Å². The summed E-state index contributed by atoms with van der Waals surface area (Å²) >= 11 is 0. The summed E-state index contributed by atoms with van der Waals surface area (Å²) in [5.41, 5.74) is 3.47. The van der Waals surface area contributed by atoms with E-state index < -0.39 is 0 Å². The van der Waals surface area contributed by atoms with Gasteiger partial charge in [0.25, 0.3) is 0 Å². The van der Waals surface area contributed by atoms with E-state index in [2.05, 4.69) is 40.3 Å². The Hall–Kier alpha value is -2.79. The van der Waals surface area contributed by atoms with E-state index in [1.807, 2.05) is 31.3 Å². The summed E-state index contributed by atoms with van der Waals surface area (Å²) in [7, 11) is 3.54. The number of rotatable bonds is 8. The quantitative estimate of drug-likeness (QED) is 0.678. The van der Waals surface area contributed by atoms with Crippen molar-refractivity contribution in [3.63, 3.8) is 0 Å². The van der Waals surface area contributed by atoms with Crippen molar-refractivity contribution in [2.24, 2.45) is 7.05 Å². The number of fused-ring (bicyclic) bond motifs is 1. The average Bonchev–Trinajstić information content (AvgIpc) is 2.96. The molecule has 0 aliphatic carbocycles. The van der Waals surface area contributed by atoms with Crippen LogP contribution in [0.1, 0.15) is 11.1 Å². The summed E-state index contributed by atoms with van der Waals surface area (Å²) < 4.78 is 12.9. The minimum Gasteiger partial charge on any atom is -0.489 e. The number of nitrogens with zero attached hydrogens (tertiary/aromatic N) is 1. The highest BCUT2D eigenvalue weighted by molar-refractivity contribution is 5.85. The zero-order chi connectivity index (χ0) is 18.4. The number of carbonyl (C=O) groups excluding carboxylic acids is 1. The number of benzene rings is 2. The fourth-order valence-electron chi connectivity index (χ4n) is 3.00. The summed E-state index contributed by atoms with van der Waals surface area (Å²) in [5.74, 6) is 0.747. The number of amides is 1. The number of methoxy groups -OCH3 is 1. The molecule has 0 unspecified atom stereocenters. The van der Waals surface area contributed by atoms with Gasteiger partial charge in [-0.2, -0.15) is 0 Å². The van der Waals surface area contributed by atoms with Gasteiger partial charge in [0.15, 0.2) is 0 Å². The van der Waals surface area contributed by atoms with E-state index in [1.54, 1.807) is 0 Å². The summed E-state index contributed by atoms with van der Waals surface area (Å²) in [6.45, 7) is 1.21. The van der Waals surface area contributed by atoms with Crippen LogP contribution in [0, 0.1) is 0 Å². The van der Waals surface area contributed by atoms with Crippen LogP contribution >= 0.6 is 0 Å². The van der Waals surface area contributed by atoms with E-state index in [4.69, 9.17) is 9.47 Å². The number of ether oxygens (including phenoxy) is 2. The van der Waals surface area contributed by atoms with Crippen LogP contribution < -0.4 is 10.1 Å². The first kappa shape index (κ1) is 18.0. The third-order valence-electron chi connectivity index (χ3n) is 4.28. The van der Waals surface area contributed by atoms with Gasteiger partial charge in [0.05, 0.1) is 0 Å². The number of nitrogens with one attached hydrogen (secondary N) is 1. The molecule has 1 N–H and O–H groups in total. The van der Waals surface area contributed by atoms with Crippen LogP contribution in [0.25, 0.3) is 10.9 Å². The van der Waals surface area contributed by atoms with Crippen molar-refractivity contribution in [2.45, 2.75) is 13.0 Å². The van der Waals surface area contributed by atoms with Crippen LogP contribution in [0.3, 0.4) is 0 Å². The second-order valence-corrected chi connectivity index (χ2v) is 6.25. The van der Waals surface area contributed by atoms with Gasteiger partial charge in [-0.1, -0.05) is 30.3 Å². The Morgan fingerprint density at radius 3 is 2.73 bits per heavy atom. The smallest absolute Gasteiger partial charge is 0.245 e. The standard InChI is InChI=1S/C21H24N2O3/c1-23-13-17(10-11-22-21(24)15-25-2)19-12-18(8-9-20(19)23)26-14-16-6-4-3-5-7-16/h3-9,12-13H,10-11,14-15H2,1-2H3,(H,22,24). The van der Waals surface area contributed by atoms with Gasteiger partial charge in [-0.15, -0.1) is 0 Å². The van der Waals surface area contributed by atoms with E-state index in [0.29, 0.717) is 13.2 Å². The van der Waals surface area contributed by atoms with E-state index in [-0.39, 0.29) is 12.5 Å². The van der Waals surface area contributed by atoms with Crippen molar-refractivity contribution in [2.75, 3.05) is 20.3 Å². The third kappa shape index (κ3) is 4.43. The minimum absolute atomic E-state index is 0.0903. The normalized spacial score (nSPS) is 10.8.